The van der Waals surface area contributed by atoms with E-state index in [4.69, 9.17) is 24.9 Å². The number of hydrogen-bond donors (Lipinski definition) is 1. The summed E-state index contributed by atoms with van der Waals surface area (Å²) in [6, 6.07) is 12.3. The van der Waals surface area contributed by atoms with Gasteiger partial charge in [-0.2, -0.15) is 0 Å². The Kier molecular flexibility index (Phi) is 12.1. The van der Waals surface area contributed by atoms with Crippen molar-refractivity contribution in [2.75, 3.05) is 58.8 Å². The molecule has 12 heteroatoms. The number of rotatable bonds is 17. The summed E-state index contributed by atoms with van der Waals surface area (Å²) in [4.78, 5) is 38.6. The van der Waals surface area contributed by atoms with Gasteiger partial charge in [-0.05, 0) is 50.2 Å². The van der Waals surface area contributed by atoms with Gasteiger partial charge in [-0.1, -0.05) is 38.1 Å². The number of imidazole rings is 1. The van der Waals surface area contributed by atoms with Gasteiger partial charge in [-0.3, -0.25) is 9.69 Å². The second kappa shape index (κ2) is 16.1. The number of benzene rings is 2. The third-order valence-corrected chi connectivity index (χ3v) is 7.65. The SMILES string of the molecule is CCOC(=O)COc1cc(CN(CCCn2c(CCOC)nc3c(N)nc4ccccc4c32)C(=O)CN(CC)CC)ccc1F. The summed E-state index contributed by atoms with van der Waals surface area (Å²) >= 11 is 0. The number of nitrogens with zero attached hydrogens (tertiary/aromatic N) is 5. The van der Waals surface area contributed by atoms with E-state index in [1.54, 1.807) is 25.0 Å². The molecular formula is C33H43FN6O5. The Hall–Kier alpha value is -4.29. The summed E-state index contributed by atoms with van der Waals surface area (Å²) < 4.78 is 32.3. The molecule has 1 amide bonds. The van der Waals surface area contributed by atoms with Crippen LogP contribution in [0.4, 0.5) is 10.2 Å². The predicted molar refractivity (Wildman–Crippen MR) is 171 cm³/mol. The molecule has 0 unspecified atom stereocenters. The third-order valence-electron chi connectivity index (χ3n) is 7.65. The van der Waals surface area contributed by atoms with Gasteiger partial charge in [0.2, 0.25) is 5.91 Å². The number of nitrogen functional groups attached to an aromatic ring is 1. The van der Waals surface area contributed by atoms with Gasteiger partial charge in [0.25, 0.3) is 0 Å². The number of para-hydroxylation sites is 1. The average molecular weight is 623 g/mol. The molecule has 2 aromatic heterocycles. The van der Waals surface area contributed by atoms with Crippen molar-refractivity contribution in [1.29, 1.82) is 0 Å². The first-order valence-electron chi connectivity index (χ1n) is 15.4. The minimum Gasteiger partial charge on any atom is -0.479 e. The van der Waals surface area contributed by atoms with Crippen molar-refractivity contribution in [3.8, 4) is 5.75 Å². The molecule has 0 aliphatic rings. The molecule has 2 N–H and O–H groups in total. The average Bonchev–Trinajstić information content (AvgIpc) is 3.41. The molecule has 0 atom stereocenters. The fraction of sp³-hybridized carbons (Fsp3) is 0.455. The van der Waals surface area contributed by atoms with Crippen LogP contribution in [-0.4, -0.2) is 89.3 Å². The number of pyridine rings is 1. The fourth-order valence-electron chi connectivity index (χ4n) is 5.30. The smallest absolute Gasteiger partial charge is 0.344 e. The molecule has 45 heavy (non-hydrogen) atoms. The van der Waals surface area contributed by atoms with Crippen LogP contribution in [-0.2, 0) is 38.6 Å². The van der Waals surface area contributed by atoms with E-state index in [9.17, 15) is 14.0 Å². The lowest BCUT2D eigenvalue weighted by Crippen LogP contribution is -2.40. The highest BCUT2D eigenvalue weighted by Gasteiger charge is 2.20. The van der Waals surface area contributed by atoms with Crippen molar-refractivity contribution in [3.63, 3.8) is 0 Å². The Morgan fingerprint density at radius 1 is 1.07 bits per heavy atom. The van der Waals surface area contributed by atoms with Crippen molar-refractivity contribution in [1.82, 2.24) is 24.3 Å². The van der Waals surface area contributed by atoms with Crippen LogP contribution in [0.1, 0.15) is 38.6 Å². The number of halogens is 1. The summed E-state index contributed by atoms with van der Waals surface area (Å²) in [7, 11) is 1.65. The quantitative estimate of drug-likeness (QED) is 0.173. The minimum atomic E-state index is -0.597. The summed E-state index contributed by atoms with van der Waals surface area (Å²) in [6.07, 6.45) is 1.22. The molecule has 0 saturated heterocycles. The lowest BCUT2D eigenvalue weighted by Gasteiger charge is -2.27. The van der Waals surface area contributed by atoms with E-state index in [2.05, 4.69) is 14.5 Å². The number of methoxy groups -OCH3 is 1. The second-order valence-corrected chi connectivity index (χ2v) is 10.6. The van der Waals surface area contributed by atoms with Gasteiger partial charge in [0.1, 0.15) is 11.3 Å². The number of hydrogen-bond acceptors (Lipinski definition) is 9. The van der Waals surface area contributed by atoms with Crippen LogP contribution in [0.2, 0.25) is 0 Å². The first kappa shape index (κ1) is 33.6. The van der Waals surface area contributed by atoms with Crippen LogP contribution in [0.15, 0.2) is 42.5 Å². The summed E-state index contributed by atoms with van der Waals surface area (Å²) in [5, 5.41) is 0.953. The maximum atomic E-state index is 14.5. The van der Waals surface area contributed by atoms with Gasteiger partial charge in [0.15, 0.2) is 24.0 Å². The molecule has 242 valence electrons. The van der Waals surface area contributed by atoms with Gasteiger partial charge in [-0.15, -0.1) is 0 Å². The lowest BCUT2D eigenvalue weighted by atomic mass is 10.1. The Morgan fingerprint density at radius 3 is 2.58 bits per heavy atom. The first-order valence-corrected chi connectivity index (χ1v) is 15.4. The normalized spacial score (nSPS) is 11.4. The number of esters is 1. The van der Waals surface area contributed by atoms with Crippen molar-refractivity contribution >= 4 is 39.6 Å². The van der Waals surface area contributed by atoms with E-state index in [1.807, 2.05) is 38.1 Å². The number of aromatic nitrogens is 3. The van der Waals surface area contributed by atoms with E-state index in [1.165, 1.54) is 12.1 Å². The molecule has 4 aromatic rings. The number of likely N-dealkylation sites (N-methyl/N-ethyl adjacent to an activating group) is 1. The van der Waals surface area contributed by atoms with Gasteiger partial charge >= 0.3 is 5.97 Å². The lowest BCUT2D eigenvalue weighted by molar-refractivity contribution is -0.145. The minimum absolute atomic E-state index is 0.0361. The predicted octanol–water partition coefficient (Wildman–Crippen LogP) is 4.20. The number of amides is 1. The zero-order chi connectivity index (χ0) is 32.3. The van der Waals surface area contributed by atoms with Crippen molar-refractivity contribution in [2.24, 2.45) is 0 Å². The monoisotopic (exact) mass is 622 g/mol. The maximum absolute atomic E-state index is 14.5. The van der Waals surface area contributed by atoms with Crippen LogP contribution in [0, 0.1) is 5.82 Å². The molecular weight excluding hydrogens is 579 g/mol. The van der Waals surface area contributed by atoms with E-state index in [-0.39, 0.29) is 31.4 Å². The number of ether oxygens (including phenoxy) is 3. The first-order chi connectivity index (χ1) is 21.8. The Balaban J connectivity index is 1.59. The highest BCUT2D eigenvalue weighted by molar-refractivity contribution is 6.06. The number of anilines is 1. The molecule has 2 heterocycles. The van der Waals surface area contributed by atoms with Crippen molar-refractivity contribution < 1.29 is 28.2 Å². The second-order valence-electron chi connectivity index (χ2n) is 10.6. The number of carbonyl (C=O) groups excluding carboxylic acids is 2. The molecule has 0 saturated carbocycles. The molecule has 2 aromatic carbocycles. The summed E-state index contributed by atoms with van der Waals surface area (Å²) in [6.45, 7) is 9.04. The van der Waals surface area contributed by atoms with Gasteiger partial charge in [-0.25, -0.2) is 19.2 Å². The molecule has 0 radical (unpaired) electrons. The number of nitrogens with two attached hydrogens (primary N) is 1. The van der Waals surface area contributed by atoms with Crippen LogP contribution >= 0.6 is 0 Å². The molecule has 4 rings (SSSR count). The summed E-state index contributed by atoms with van der Waals surface area (Å²) in [5.41, 5.74) is 9.37. The zero-order valence-electron chi connectivity index (χ0n) is 26.6. The van der Waals surface area contributed by atoms with E-state index in [0.717, 1.165) is 35.3 Å². The van der Waals surface area contributed by atoms with Gasteiger partial charge in [0.05, 0.1) is 30.8 Å². The van der Waals surface area contributed by atoms with Gasteiger partial charge < -0.3 is 29.4 Å². The molecule has 0 aliphatic carbocycles. The molecule has 0 aliphatic heterocycles. The third kappa shape index (κ3) is 8.46. The number of fused-ring (bicyclic) bond motifs is 3. The molecule has 0 bridgehead atoms. The molecule has 0 fully saturated rings. The van der Waals surface area contributed by atoms with E-state index >= 15 is 0 Å². The van der Waals surface area contributed by atoms with Crippen molar-refractivity contribution in [3.05, 3.63) is 59.7 Å². The Morgan fingerprint density at radius 2 is 1.84 bits per heavy atom. The Labute approximate surface area is 263 Å². The van der Waals surface area contributed by atoms with Crippen LogP contribution in [0.25, 0.3) is 21.9 Å². The highest BCUT2D eigenvalue weighted by atomic mass is 19.1. The molecule has 11 nitrogen and oxygen atoms in total. The summed E-state index contributed by atoms with van der Waals surface area (Å²) in [5.74, 6) is -0.0799. The van der Waals surface area contributed by atoms with Crippen molar-refractivity contribution in [2.45, 2.75) is 46.7 Å². The Bertz CT molecular complexity index is 1610. The highest BCUT2D eigenvalue weighted by Crippen LogP contribution is 2.29. The maximum Gasteiger partial charge on any atom is 0.344 e. The van der Waals surface area contributed by atoms with E-state index in [0.29, 0.717) is 49.4 Å². The number of aryl methyl sites for hydroxylation is 1. The van der Waals surface area contributed by atoms with Crippen LogP contribution in [0.5, 0.6) is 5.75 Å². The number of carbonyl (C=O) groups is 2. The largest absolute Gasteiger partial charge is 0.479 e. The molecule has 0 spiro atoms. The van der Waals surface area contributed by atoms with Crippen LogP contribution < -0.4 is 10.5 Å². The standard InChI is InChI=1S/C33H43FN6O5/c1-5-38(6-2)21-29(41)39(20-23-13-14-25(34)27(19-23)45-22-30(42)44-7-3)16-10-17-40-28(15-18-43-4)37-31-32(40)24-11-8-9-12-26(24)36-33(31)35/h8-9,11-14,19H,5-7,10,15-18,20-22H2,1-4H3,(H2,35,36). The van der Waals surface area contributed by atoms with Gasteiger partial charge in [0, 0.05) is 38.6 Å². The van der Waals surface area contributed by atoms with E-state index < -0.39 is 18.4 Å². The van der Waals surface area contributed by atoms with Crippen LogP contribution in [0.3, 0.4) is 0 Å². The zero-order valence-corrected chi connectivity index (χ0v) is 26.6. The topological polar surface area (TPSA) is 125 Å². The fourth-order valence-corrected chi connectivity index (χ4v) is 5.30.